The van der Waals surface area contributed by atoms with Crippen LogP contribution < -0.4 is 4.74 Å². The topological polar surface area (TPSA) is 29.5 Å². The van der Waals surface area contributed by atoms with Crippen molar-refractivity contribution >= 4 is 11.6 Å². The molecule has 2 aromatic carbocycles. The van der Waals surface area contributed by atoms with Crippen molar-refractivity contribution in [2.45, 2.75) is 13.8 Å². The maximum atomic E-state index is 9.94. The molecule has 0 aliphatic rings. The number of methoxy groups -OCH3 is 1. The zero-order valence-corrected chi connectivity index (χ0v) is 11.4. The number of hydrogen-bond donors (Lipinski definition) is 1. The van der Waals surface area contributed by atoms with E-state index in [1.807, 2.05) is 26.0 Å². The van der Waals surface area contributed by atoms with Crippen LogP contribution in [0, 0.1) is 13.8 Å². The van der Waals surface area contributed by atoms with Crippen LogP contribution in [0.25, 0.3) is 11.1 Å². The number of phenols is 1. The summed E-state index contributed by atoms with van der Waals surface area (Å²) in [7, 11) is 1.65. The average Bonchev–Trinajstić information content (AvgIpc) is 2.35. The third-order valence-corrected chi connectivity index (χ3v) is 3.23. The summed E-state index contributed by atoms with van der Waals surface area (Å²) in [6, 6.07) is 9.01. The SMILES string of the molecule is COc1cc(C)c(-c2cc(Cl)ccc2O)cc1C. The van der Waals surface area contributed by atoms with Crippen molar-refractivity contribution in [2.24, 2.45) is 0 Å². The van der Waals surface area contributed by atoms with E-state index in [2.05, 4.69) is 0 Å². The minimum atomic E-state index is 0.229. The van der Waals surface area contributed by atoms with Gasteiger partial charge in [-0.15, -0.1) is 0 Å². The highest BCUT2D eigenvalue weighted by Gasteiger charge is 2.11. The molecule has 0 heterocycles. The predicted molar refractivity (Wildman–Crippen MR) is 74.6 cm³/mol. The summed E-state index contributed by atoms with van der Waals surface area (Å²) < 4.78 is 5.28. The molecule has 0 amide bonds. The lowest BCUT2D eigenvalue weighted by atomic mass is 9.97. The Balaban J connectivity index is 2.64. The zero-order valence-electron chi connectivity index (χ0n) is 10.6. The van der Waals surface area contributed by atoms with Crippen molar-refractivity contribution in [1.29, 1.82) is 0 Å². The molecule has 0 saturated carbocycles. The maximum absolute atomic E-state index is 9.94. The lowest BCUT2D eigenvalue weighted by molar-refractivity contribution is 0.411. The Labute approximate surface area is 112 Å². The van der Waals surface area contributed by atoms with Gasteiger partial charge in [-0.1, -0.05) is 11.6 Å². The maximum Gasteiger partial charge on any atom is 0.123 e. The van der Waals surface area contributed by atoms with Gasteiger partial charge < -0.3 is 9.84 Å². The second-order valence-corrected chi connectivity index (χ2v) is 4.73. The van der Waals surface area contributed by atoms with Gasteiger partial charge in [0.1, 0.15) is 11.5 Å². The van der Waals surface area contributed by atoms with Gasteiger partial charge in [-0.3, -0.25) is 0 Å². The van der Waals surface area contributed by atoms with Crippen molar-refractivity contribution in [3.05, 3.63) is 46.5 Å². The summed E-state index contributed by atoms with van der Waals surface area (Å²) in [5.74, 6) is 1.07. The lowest BCUT2D eigenvalue weighted by Crippen LogP contribution is -1.91. The number of aromatic hydroxyl groups is 1. The monoisotopic (exact) mass is 262 g/mol. The van der Waals surface area contributed by atoms with E-state index in [0.717, 1.165) is 28.0 Å². The first-order valence-electron chi connectivity index (χ1n) is 5.67. The van der Waals surface area contributed by atoms with Crippen molar-refractivity contribution in [3.63, 3.8) is 0 Å². The van der Waals surface area contributed by atoms with E-state index in [-0.39, 0.29) is 5.75 Å². The summed E-state index contributed by atoms with van der Waals surface area (Å²) in [6.07, 6.45) is 0. The molecule has 0 bridgehead atoms. The molecule has 0 spiro atoms. The third-order valence-electron chi connectivity index (χ3n) is 2.99. The fourth-order valence-corrected chi connectivity index (χ4v) is 2.20. The Kier molecular flexibility index (Phi) is 3.48. The number of benzene rings is 2. The summed E-state index contributed by atoms with van der Waals surface area (Å²) in [4.78, 5) is 0. The van der Waals surface area contributed by atoms with Crippen LogP contribution in [0.4, 0.5) is 0 Å². The molecule has 2 rings (SSSR count). The van der Waals surface area contributed by atoms with Crippen molar-refractivity contribution in [1.82, 2.24) is 0 Å². The number of aryl methyl sites for hydroxylation is 2. The second-order valence-electron chi connectivity index (χ2n) is 4.30. The van der Waals surface area contributed by atoms with Gasteiger partial charge in [0.05, 0.1) is 7.11 Å². The van der Waals surface area contributed by atoms with Crippen molar-refractivity contribution < 1.29 is 9.84 Å². The van der Waals surface area contributed by atoms with E-state index in [4.69, 9.17) is 16.3 Å². The van der Waals surface area contributed by atoms with Gasteiger partial charge in [0.25, 0.3) is 0 Å². The molecule has 0 radical (unpaired) electrons. The first-order valence-corrected chi connectivity index (χ1v) is 6.05. The largest absolute Gasteiger partial charge is 0.507 e. The fourth-order valence-electron chi connectivity index (χ4n) is 2.02. The molecule has 2 aromatic rings. The Morgan fingerprint density at radius 1 is 1.00 bits per heavy atom. The van der Waals surface area contributed by atoms with Gasteiger partial charge in [-0.05, 0) is 60.9 Å². The molecule has 2 nitrogen and oxygen atoms in total. The zero-order chi connectivity index (χ0) is 13.3. The molecule has 94 valence electrons. The van der Waals surface area contributed by atoms with Gasteiger partial charge in [0, 0.05) is 10.6 Å². The van der Waals surface area contributed by atoms with E-state index in [9.17, 15) is 5.11 Å². The smallest absolute Gasteiger partial charge is 0.123 e. The fraction of sp³-hybridized carbons (Fsp3) is 0.200. The van der Waals surface area contributed by atoms with Gasteiger partial charge in [0.15, 0.2) is 0 Å². The standard InChI is InChI=1S/C15H15ClO2/c1-9-7-15(18-3)10(2)6-12(9)13-8-11(16)4-5-14(13)17/h4-8,17H,1-3H3. The molecule has 0 saturated heterocycles. The van der Waals surface area contributed by atoms with Crippen LogP contribution in [0.1, 0.15) is 11.1 Å². The van der Waals surface area contributed by atoms with Gasteiger partial charge in [-0.2, -0.15) is 0 Å². The van der Waals surface area contributed by atoms with Crippen LogP contribution in [-0.4, -0.2) is 12.2 Å². The van der Waals surface area contributed by atoms with Crippen molar-refractivity contribution in [3.8, 4) is 22.6 Å². The van der Waals surface area contributed by atoms with E-state index in [1.54, 1.807) is 25.3 Å². The van der Waals surface area contributed by atoms with Crippen LogP contribution >= 0.6 is 11.6 Å². The highest BCUT2D eigenvalue weighted by Crippen LogP contribution is 2.36. The van der Waals surface area contributed by atoms with E-state index in [1.165, 1.54) is 0 Å². The van der Waals surface area contributed by atoms with Crippen LogP contribution in [0.2, 0.25) is 5.02 Å². The highest BCUT2D eigenvalue weighted by molar-refractivity contribution is 6.31. The molecule has 0 atom stereocenters. The van der Waals surface area contributed by atoms with Crippen LogP contribution in [-0.2, 0) is 0 Å². The molecule has 18 heavy (non-hydrogen) atoms. The summed E-state index contributed by atoms with van der Waals surface area (Å²) in [5.41, 5.74) is 3.77. The Morgan fingerprint density at radius 2 is 1.72 bits per heavy atom. The van der Waals surface area contributed by atoms with E-state index >= 15 is 0 Å². The lowest BCUT2D eigenvalue weighted by Gasteiger charge is -2.13. The molecule has 0 aromatic heterocycles. The van der Waals surface area contributed by atoms with Crippen LogP contribution in [0.5, 0.6) is 11.5 Å². The molecule has 0 fully saturated rings. The molecule has 0 aliphatic heterocycles. The Morgan fingerprint density at radius 3 is 2.39 bits per heavy atom. The summed E-state index contributed by atoms with van der Waals surface area (Å²) in [5, 5.41) is 10.5. The minimum absolute atomic E-state index is 0.229. The Hall–Kier alpha value is -1.67. The van der Waals surface area contributed by atoms with Gasteiger partial charge in [0.2, 0.25) is 0 Å². The predicted octanol–water partition coefficient (Wildman–Crippen LogP) is 4.34. The normalized spacial score (nSPS) is 10.4. The quantitative estimate of drug-likeness (QED) is 0.872. The number of ether oxygens (including phenoxy) is 1. The van der Waals surface area contributed by atoms with Crippen molar-refractivity contribution in [2.75, 3.05) is 7.11 Å². The summed E-state index contributed by atoms with van der Waals surface area (Å²) in [6.45, 7) is 3.96. The molecular formula is C15H15ClO2. The first kappa shape index (κ1) is 12.8. The number of halogens is 1. The minimum Gasteiger partial charge on any atom is -0.507 e. The number of hydrogen-bond acceptors (Lipinski definition) is 2. The summed E-state index contributed by atoms with van der Waals surface area (Å²) >= 11 is 5.98. The number of rotatable bonds is 2. The van der Waals surface area contributed by atoms with E-state index < -0.39 is 0 Å². The Bertz CT molecular complexity index is 591. The molecule has 1 N–H and O–H groups in total. The van der Waals surface area contributed by atoms with Gasteiger partial charge >= 0.3 is 0 Å². The van der Waals surface area contributed by atoms with Gasteiger partial charge in [-0.25, -0.2) is 0 Å². The molecular weight excluding hydrogens is 248 g/mol. The molecule has 0 unspecified atom stereocenters. The second kappa shape index (κ2) is 4.91. The highest BCUT2D eigenvalue weighted by atomic mass is 35.5. The molecule has 3 heteroatoms. The average molecular weight is 263 g/mol. The first-order chi connectivity index (χ1) is 8.52. The van der Waals surface area contributed by atoms with E-state index in [0.29, 0.717) is 5.02 Å². The van der Waals surface area contributed by atoms with Crippen LogP contribution in [0.3, 0.4) is 0 Å². The number of phenolic OH excluding ortho intramolecular Hbond substituents is 1. The third kappa shape index (κ3) is 2.29. The van der Waals surface area contributed by atoms with Crippen LogP contribution in [0.15, 0.2) is 30.3 Å². The molecule has 0 aliphatic carbocycles.